The minimum atomic E-state index is -0.827. The summed E-state index contributed by atoms with van der Waals surface area (Å²) in [5, 5.41) is 21.3. The molecule has 204 valence electrons. The molecule has 2 heterocycles. The Bertz CT molecular complexity index is 890. The first kappa shape index (κ1) is 28.2. The van der Waals surface area contributed by atoms with Gasteiger partial charge in [-0.1, -0.05) is 34.6 Å². The Labute approximate surface area is 214 Å². The van der Waals surface area contributed by atoms with Crippen LogP contribution >= 0.6 is 0 Å². The molecule has 0 aromatic rings. The number of carbonyl (C=O) groups is 4. The van der Waals surface area contributed by atoms with Gasteiger partial charge < -0.3 is 31.3 Å². The fourth-order valence-electron chi connectivity index (χ4n) is 5.81. The van der Waals surface area contributed by atoms with Gasteiger partial charge in [0, 0.05) is 24.5 Å². The smallest absolute Gasteiger partial charge is 0.315 e. The van der Waals surface area contributed by atoms with Gasteiger partial charge in [-0.15, -0.1) is 0 Å². The molecule has 5 amide bonds. The standard InChI is InChI=1S/C26H45N5O5/c1-24(2,3)19(29-23(36)30-25(4,5)6)22(35)31-12-16-17(26(16,7)8)18(31)21(34)28-15(13-32)11-14-9-10-27-20(14)33/h14-19,32H,9-13H2,1-8H3,(H,27,33)(H,28,34)(H2,29,30,36)/t14-,15-,16-,17-,18-,19+/m0/s1. The molecule has 3 aliphatic rings. The van der Waals surface area contributed by atoms with Crippen molar-refractivity contribution >= 4 is 23.8 Å². The van der Waals surface area contributed by atoms with Crippen molar-refractivity contribution in [1.29, 1.82) is 0 Å². The molecule has 3 fully saturated rings. The van der Waals surface area contributed by atoms with E-state index >= 15 is 0 Å². The van der Waals surface area contributed by atoms with E-state index in [1.165, 1.54) is 0 Å². The van der Waals surface area contributed by atoms with E-state index < -0.39 is 35.1 Å². The number of likely N-dealkylation sites (tertiary alicyclic amines) is 1. The number of hydrogen-bond donors (Lipinski definition) is 5. The number of nitrogens with zero attached hydrogens (tertiary/aromatic N) is 1. The third-order valence-electron chi connectivity index (χ3n) is 7.94. The van der Waals surface area contributed by atoms with Gasteiger partial charge in [-0.3, -0.25) is 14.4 Å². The molecule has 5 N–H and O–H groups in total. The molecule has 0 unspecified atom stereocenters. The van der Waals surface area contributed by atoms with Crippen molar-refractivity contribution in [3.8, 4) is 0 Å². The largest absolute Gasteiger partial charge is 0.394 e. The SMILES string of the molecule is CC(C)(C)NC(=O)N[C@H](C(=O)N1C[C@H]2[C@@H]([C@H]1C(=O)N[C@H](CO)C[C@@H]1CCNC1=O)C2(C)C)C(C)(C)C. The number of aliphatic hydroxyl groups excluding tert-OH is 1. The lowest BCUT2D eigenvalue weighted by Crippen LogP contribution is -2.62. The second-order valence-corrected chi connectivity index (χ2v) is 13.4. The van der Waals surface area contributed by atoms with Crippen molar-refractivity contribution in [3.05, 3.63) is 0 Å². The Hall–Kier alpha value is -2.36. The summed E-state index contributed by atoms with van der Waals surface area (Å²) in [5.41, 5.74) is -1.13. The zero-order valence-corrected chi connectivity index (χ0v) is 23.0. The van der Waals surface area contributed by atoms with Crippen LogP contribution in [0.5, 0.6) is 0 Å². The molecule has 10 nitrogen and oxygen atoms in total. The third-order valence-corrected chi connectivity index (χ3v) is 7.94. The molecular weight excluding hydrogens is 462 g/mol. The van der Waals surface area contributed by atoms with E-state index in [4.69, 9.17) is 0 Å². The second-order valence-electron chi connectivity index (χ2n) is 13.4. The first-order chi connectivity index (χ1) is 16.5. The van der Waals surface area contributed by atoms with Crippen LogP contribution in [0.3, 0.4) is 0 Å². The number of aliphatic hydroxyl groups is 1. The summed E-state index contributed by atoms with van der Waals surface area (Å²) >= 11 is 0. The summed E-state index contributed by atoms with van der Waals surface area (Å²) < 4.78 is 0. The van der Waals surface area contributed by atoms with Crippen LogP contribution in [-0.4, -0.2) is 77.1 Å². The Kier molecular flexibility index (Phi) is 7.71. The van der Waals surface area contributed by atoms with Crippen molar-refractivity contribution in [2.75, 3.05) is 19.7 Å². The van der Waals surface area contributed by atoms with Crippen molar-refractivity contribution < 1.29 is 24.3 Å². The van der Waals surface area contributed by atoms with E-state index in [2.05, 4.69) is 35.1 Å². The van der Waals surface area contributed by atoms with Crippen LogP contribution in [0.15, 0.2) is 0 Å². The van der Waals surface area contributed by atoms with Gasteiger partial charge in [0.25, 0.3) is 0 Å². The maximum atomic E-state index is 13.9. The molecule has 0 bridgehead atoms. The number of nitrogens with one attached hydrogen (secondary N) is 4. The Morgan fingerprint density at radius 2 is 1.78 bits per heavy atom. The highest BCUT2D eigenvalue weighted by atomic mass is 16.3. The highest BCUT2D eigenvalue weighted by Gasteiger charge is 2.69. The first-order valence-corrected chi connectivity index (χ1v) is 13.1. The Morgan fingerprint density at radius 3 is 2.28 bits per heavy atom. The van der Waals surface area contributed by atoms with Crippen LogP contribution in [0.25, 0.3) is 0 Å². The molecule has 0 radical (unpaired) electrons. The molecule has 2 aliphatic heterocycles. The predicted molar refractivity (Wildman–Crippen MR) is 136 cm³/mol. The lowest BCUT2D eigenvalue weighted by molar-refractivity contribution is -0.144. The maximum absolute atomic E-state index is 13.9. The monoisotopic (exact) mass is 507 g/mol. The molecule has 0 aromatic carbocycles. The zero-order valence-electron chi connectivity index (χ0n) is 23.0. The predicted octanol–water partition coefficient (Wildman–Crippen LogP) is 0.985. The zero-order chi connectivity index (χ0) is 27.2. The van der Waals surface area contributed by atoms with E-state index in [9.17, 15) is 24.3 Å². The Morgan fingerprint density at radius 1 is 1.14 bits per heavy atom. The fourth-order valence-corrected chi connectivity index (χ4v) is 5.81. The summed E-state index contributed by atoms with van der Waals surface area (Å²) in [6, 6.07) is -2.53. The fraction of sp³-hybridized carbons (Fsp3) is 0.846. The molecule has 3 rings (SSSR count). The van der Waals surface area contributed by atoms with Gasteiger partial charge in [0.1, 0.15) is 12.1 Å². The van der Waals surface area contributed by atoms with Crippen LogP contribution < -0.4 is 21.3 Å². The number of urea groups is 1. The third kappa shape index (κ3) is 5.95. The topological polar surface area (TPSA) is 140 Å². The molecule has 1 saturated carbocycles. The summed E-state index contributed by atoms with van der Waals surface area (Å²) in [6.07, 6.45) is 1.03. The Balaban J connectivity index is 1.78. The van der Waals surface area contributed by atoms with E-state index in [1.807, 2.05) is 41.5 Å². The molecule has 36 heavy (non-hydrogen) atoms. The first-order valence-electron chi connectivity index (χ1n) is 13.1. The van der Waals surface area contributed by atoms with Crippen molar-refractivity contribution in [2.24, 2.45) is 28.6 Å². The van der Waals surface area contributed by atoms with E-state index in [-0.39, 0.29) is 47.5 Å². The summed E-state index contributed by atoms with van der Waals surface area (Å²) in [7, 11) is 0. The maximum Gasteiger partial charge on any atom is 0.315 e. The number of fused-ring (bicyclic) bond motifs is 1. The van der Waals surface area contributed by atoms with E-state index in [0.29, 0.717) is 25.9 Å². The number of piperidine rings is 1. The van der Waals surface area contributed by atoms with Crippen LogP contribution in [0.4, 0.5) is 4.79 Å². The molecule has 10 heteroatoms. The van der Waals surface area contributed by atoms with Gasteiger partial charge in [-0.2, -0.15) is 0 Å². The van der Waals surface area contributed by atoms with Gasteiger partial charge >= 0.3 is 6.03 Å². The molecule has 1 aliphatic carbocycles. The second kappa shape index (κ2) is 9.84. The van der Waals surface area contributed by atoms with Gasteiger partial charge in [-0.25, -0.2) is 4.79 Å². The van der Waals surface area contributed by atoms with Crippen molar-refractivity contribution in [3.63, 3.8) is 0 Å². The van der Waals surface area contributed by atoms with Gasteiger partial charge in [0.05, 0.1) is 12.6 Å². The summed E-state index contributed by atoms with van der Waals surface area (Å²) in [6.45, 7) is 16.2. The molecule has 0 spiro atoms. The molecule has 0 aromatic heterocycles. The molecular formula is C26H45N5O5. The van der Waals surface area contributed by atoms with E-state index in [1.54, 1.807) is 4.90 Å². The van der Waals surface area contributed by atoms with Gasteiger partial charge in [0.2, 0.25) is 17.7 Å². The number of hydrogen-bond acceptors (Lipinski definition) is 5. The highest BCUT2D eigenvalue weighted by Crippen LogP contribution is 2.65. The lowest BCUT2D eigenvalue weighted by Gasteiger charge is -2.38. The molecule has 2 saturated heterocycles. The van der Waals surface area contributed by atoms with Crippen LogP contribution in [-0.2, 0) is 14.4 Å². The minimum absolute atomic E-state index is 0.000378. The average molecular weight is 508 g/mol. The number of rotatable bonds is 7. The van der Waals surface area contributed by atoms with E-state index in [0.717, 1.165) is 0 Å². The quantitative estimate of drug-likeness (QED) is 0.350. The lowest BCUT2D eigenvalue weighted by atomic mass is 9.85. The van der Waals surface area contributed by atoms with Crippen LogP contribution in [0.1, 0.15) is 68.2 Å². The highest BCUT2D eigenvalue weighted by molar-refractivity contribution is 5.94. The van der Waals surface area contributed by atoms with Crippen LogP contribution in [0.2, 0.25) is 0 Å². The summed E-state index contributed by atoms with van der Waals surface area (Å²) in [5.74, 6) is -0.717. The number of amides is 5. The summed E-state index contributed by atoms with van der Waals surface area (Å²) in [4.78, 5) is 53.7. The van der Waals surface area contributed by atoms with Gasteiger partial charge in [-0.05, 0) is 56.3 Å². The minimum Gasteiger partial charge on any atom is -0.394 e. The van der Waals surface area contributed by atoms with Gasteiger partial charge in [0.15, 0.2) is 0 Å². The van der Waals surface area contributed by atoms with Crippen molar-refractivity contribution in [2.45, 2.75) is 91.9 Å². The van der Waals surface area contributed by atoms with Crippen LogP contribution in [0, 0.1) is 28.6 Å². The molecule has 6 atom stereocenters. The van der Waals surface area contributed by atoms with Crippen molar-refractivity contribution in [1.82, 2.24) is 26.2 Å². The average Bonchev–Trinajstić information content (AvgIpc) is 3.08. The normalized spacial score (nSPS) is 28.6. The number of carbonyl (C=O) groups excluding carboxylic acids is 4.